The van der Waals surface area contributed by atoms with Crippen LogP contribution in [0.3, 0.4) is 0 Å². The molecule has 4 rings (SSSR count). The lowest BCUT2D eigenvalue weighted by Gasteiger charge is -2.46. The van der Waals surface area contributed by atoms with Crippen molar-refractivity contribution in [3.05, 3.63) is 70.8 Å². The number of aromatic hydroxyl groups is 1. The van der Waals surface area contributed by atoms with Crippen LogP contribution in [0.25, 0.3) is 0 Å². The fraction of sp³-hybridized carbons (Fsp3) is 0.417. The molecule has 0 aromatic heterocycles. The molecule has 0 bridgehead atoms. The van der Waals surface area contributed by atoms with E-state index in [1.807, 2.05) is 30.3 Å². The Morgan fingerprint density at radius 2 is 1.96 bits per heavy atom. The van der Waals surface area contributed by atoms with Gasteiger partial charge in [0.05, 0.1) is 0 Å². The quantitative estimate of drug-likeness (QED) is 0.709. The Kier molecular flexibility index (Phi) is 3.48. The molecule has 3 atom stereocenters. The van der Waals surface area contributed by atoms with Crippen LogP contribution in [0.1, 0.15) is 60.3 Å². The van der Waals surface area contributed by atoms with E-state index >= 15 is 0 Å². The van der Waals surface area contributed by atoms with Crippen LogP contribution in [-0.4, -0.2) is 10.7 Å². The van der Waals surface area contributed by atoms with Crippen molar-refractivity contribution in [3.63, 3.8) is 0 Å². The Labute approximate surface area is 160 Å². The van der Waals surface area contributed by atoms with Crippen LogP contribution >= 0.6 is 0 Å². The van der Waals surface area contributed by atoms with Crippen molar-refractivity contribution in [1.29, 1.82) is 0 Å². The van der Waals surface area contributed by atoms with Gasteiger partial charge >= 0.3 is 0 Å². The van der Waals surface area contributed by atoms with E-state index in [1.54, 1.807) is 6.92 Å². The molecule has 2 nitrogen and oxygen atoms in total. The molecule has 0 saturated heterocycles. The Bertz CT molecular complexity index is 933. The van der Waals surface area contributed by atoms with E-state index in [0.717, 1.165) is 36.8 Å². The monoisotopic (exact) mass is 351 g/mol. The van der Waals surface area contributed by atoms with Gasteiger partial charge < -0.3 is 9.84 Å². The maximum Gasteiger partial charge on any atom is 0.127 e. The predicted octanol–water partition coefficient (Wildman–Crippen LogP) is 5.79. The first kappa shape index (κ1) is 13.9. The Morgan fingerprint density at radius 1 is 1.19 bits per heavy atom. The van der Waals surface area contributed by atoms with E-state index < -0.39 is 12.5 Å². The third-order valence-electron chi connectivity index (χ3n) is 5.84. The predicted molar refractivity (Wildman–Crippen MR) is 106 cm³/mol. The lowest BCUT2D eigenvalue weighted by atomic mass is 9.68. The van der Waals surface area contributed by atoms with E-state index in [-0.39, 0.29) is 17.6 Å². The van der Waals surface area contributed by atoms with Crippen molar-refractivity contribution >= 4 is 0 Å². The number of aryl methyl sites for hydroxylation is 2. The second kappa shape index (κ2) is 6.50. The van der Waals surface area contributed by atoms with E-state index in [1.165, 1.54) is 11.1 Å². The Morgan fingerprint density at radius 3 is 2.73 bits per heavy atom. The molecule has 0 amide bonds. The molecule has 1 N–H and O–H groups in total. The van der Waals surface area contributed by atoms with Gasteiger partial charge in [-0.15, -0.1) is 0 Å². The van der Waals surface area contributed by atoms with Crippen LogP contribution in [0.5, 0.6) is 11.5 Å². The van der Waals surface area contributed by atoms with E-state index in [2.05, 4.69) is 25.1 Å². The molecule has 0 fully saturated rings. The Hall–Kier alpha value is -2.22. The lowest BCUT2D eigenvalue weighted by molar-refractivity contribution is 0.0107. The lowest BCUT2D eigenvalue weighted by Crippen LogP contribution is -2.45. The van der Waals surface area contributed by atoms with Crippen molar-refractivity contribution in [2.45, 2.75) is 57.9 Å². The van der Waals surface area contributed by atoms with Crippen molar-refractivity contribution < 1.29 is 14.0 Å². The molecule has 1 unspecified atom stereocenters. The topological polar surface area (TPSA) is 29.5 Å². The van der Waals surface area contributed by atoms with Gasteiger partial charge in [-0.05, 0) is 69.6 Å². The summed E-state index contributed by atoms with van der Waals surface area (Å²) in [6, 6.07) is 13.9. The second-order valence-corrected chi connectivity index (χ2v) is 7.91. The molecule has 26 heavy (non-hydrogen) atoms. The summed E-state index contributed by atoms with van der Waals surface area (Å²) in [7, 11) is 0. The minimum Gasteiger partial charge on any atom is -0.507 e. The molecule has 0 saturated carbocycles. The molecule has 1 aliphatic heterocycles. The summed E-state index contributed by atoms with van der Waals surface area (Å²) in [5.74, 6) is 0.395. The minimum atomic E-state index is -2.25. The second-order valence-electron chi connectivity index (χ2n) is 7.91. The zero-order chi connectivity index (χ0) is 20.8. The number of ether oxygens (including phenoxy) is 1. The molecule has 0 radical (unpaired) electrons. The molecule has 2 heteroatoms. The minimum absolute atomic E-state index is 0.138. The summed E-state index contributed by atoms with van der Waals surface area (Å²) in [4.78, 5) is 0. The number of hydrogen-bond acceptors (Lipinski definition) is 2. The summed E-state index contributed by atoms with van der Waals surface area (Å²) < 4.78 is 30.7. The standard InChI is InChI=1S/C24H28O2/c1-16-9-12-20-19(13-16)23-21(25)14-18(15-22(23)26-24(20,2)3)11-10-17-7-5-4-6-8-17/h4-8,13-15,19-20,25H,9-12H2,1-3H3/t19-,20-/m1/s1/i2D3/t19-,20-,24?. The third kappa shape index (κ3) is 3.13. The van der Waals surface area contributed by atoms with Gasteiger partial charge in [0.2, 0.25) is 0 Å². The number of phenols is 1. The summed E-state index contributed by atoms with van der Waals surface area (Å²) >= 11 is 0. The van der Waals surface area contributed by atoms with Gasteiger partial charge in [-0.2, -0.15) is 0 Å². The number of hydrogen-bond donors (Lipinski definition) is 1. The summed E-state index contributed by atoms with van der Waals surface area (Å²) in [6.07, 6.45) is 5.34. The van der Waals surface area contributed by atoms with Gasteiger partial charge in [-0.3, -0.25) is 0 Å². The average Bonchev–Trinajstić information content (AvgIpc) is 2.65. The average molecular weight is 352 g/mol. The Balaban J connectivity index is 1.73. The van der Waals surface area contributed by atoms with Gasteiger partial charge in [0.1, 0.15) is 17.1 Å². The molecule has 1 heterocycles. The summed E-state index contributed by atoms with van der Waals surface area (Å²) in [6.45, 7) is 1.54. The first-order valence-electron chi connectivity index (χ1n) is 10.9. The van der Waals surface area contributed by atoms with Crippen molar-refractivity contribution in [3.8, 4) is 11.5 Å². The number of fused-ring (bicyclic) bond motifs is 3. The van der Waals surface area contributed by atoms with Crippen LogP contribution in [0, 0.1) is 5.92 Å². The first-order valence-corrected chi connectivity index (χ1v) is 9.45. The normalized spacial score (nSPS) is 29.3. The molecular weight excluding hydrogens is 320 g/mol. The van der Waals surface area contributed by atoms with Crippen LogP contribution < -0.4 is 4.74 Å². The molecule has 2 aliphatic rings. The largest absolute Gasteiger partial charge is 0.507 e. The molecule has 1 aliphatic carbocycles. The highest BCUT2D eigenvalue weighted by molar-refractivity contribution is 5.54. The maximum absolute atomic E-state index is 10.9. The number of allylic oxidation sites excluding steroid dienone is 2. The number of benzene rings is 2. The SMILES string of the molecule is [2H]C([2H])([2H])C1(C)Oc2cc(CCc3ccccc3)cc(O)c2[C@@H]2C=C(C)CC[C@H]21. The highest BCUT2D eigenvalue weighted by Crippen LogP contribution is 2.53. The van der Waals surface area contributed by atoms with Gasteiger partial charge in [-0.1, -0.05) is 42.0 Å². The van der Waals surface area contributed by atoms with Crippen LogP contribution in [0.4, 0.5) is 0 Å². The highest BCUT2D eigenvalue weighted by atomic mass is 16.5. The zero-order valence-electron chi connectivity index (χ0n) is 18.5. The van der Waals surface area contributed by atoms with Crippen LogP contribution in [0.15, 0.2) is 54.1 Å². The number of phenolic OH excluding ortho intramolecular Hbond substituents is 1. The highest BCUT2D eigenvalue weighted by Gasteiger charge is 2.45. The summed E-state index contributed by atoms with van der Waals surface area (Å²) in [5, 5.41) is 10.9. The van der Waals surface area contributed by atoms with Crippen molar-refractivity contribution in [2.24, 2.45) is 5.92 Å². The maximum atomic E-state index is 10.9. The van der Waals surface area contributed by atoms with Crippen LogP contribution in [-0.2, 0) is 12.8 Å². The third-order valence-corrected chi connectivity index (χ3v) is 5.84. The van der Waals surface area contributed by atoms with Gasteiger partial charge in [0.15, 0.2) is 0 Å². The molecule has 136 valence electrons. The van der Waals surface area contributed by atoms with Gasteiger partial charge in [0, 0.05) is 21.5 Å². The molecule has 0 spiro atoms. The van der Waals surface area contributed by atoms with Crippen LogP contribution in [0.2, 0.25) is 0 Å². The number of rotatable bonds is 3. The van der Waals surface area contributed by atoms with Crippen molar-refractivity contribution in [2.75, 3.05) is 0 Å². The van der Waals surface area contributed by atoms with Gasteiger partial charge in [-0.25, -0.2) is 0 Å². The van der Waals surface area contributed by atoms with E-state index in [9.17, 15) is 5.11 Å². The van der Waals surface area contributed by atoms with E-state index in [0.29, 0.717) is 5.75 Å². The first-order chi connectivity index (χ1) is 13.7. The zero-order valence-corrected chi connectivity index (χ0v) is 15.5. The fourth-order valence-corrected chi connectivity index (χ4v) is 4.44. The van der Waals surface area contributed by atoms with Crippen molar-refractivity contribution in [1.82, 2.24) is 0 Å². The van der Waals surface area contributed by atoms with Gasteiger partial charge in [0.25, 0.3) is 0 Å². The summed E-state index contributed by atoms with van der Waals surface area (Å²) in [5.41, 5.74) is 2.88. The molecule has 2 aromatic rings. The molecule has 2 aromatic carbocycles. The smallest absolute Gasteiger partial charge is 0.127 e. The van der Waals surface area contributed by atoms with E-state index in [4.69, 9.17) is 8.85 Å². The molecular formula is C24H28O2. The fourth-order valence-electron chi connectivity index (χ4n) is 4.44.